The van der Waals surface area contributed by atoms with E-state index in [9.17, 15) is 4.21 Å². The van der Waals surface area contributed by atoms with Crippen molar-refractivity contribution in [1.82, 2.24) is 5.32 Å². The second-order valence-electron chi connectivity index (χ2n) is 3.69. The highest BCUT2D eigenvalue weighted by Crippen LogP contribution is 2.33. The number of hydrogen-bond acceptors (Lipinski definition) is 2. The molecule has 15 heavy (non-hydrogen) atoms. The molecule has 0 bridgehead atoms. The molecule has 4 heteroatoms. The van der Waals surface area contributed by atoms with Crippen molar-refractivity contribution >= 4 is 22.4 Å². The van der Waals surface area contributed by atoms with Crippen molar-refractivity contribution in [3.8, 4) is 0 Å². The fourth-order valence-corrected chi connectivity index (χ4v) is 3.85. The van der Waals surface area contributed by atoms with E-state index >= 15 is 0 Å². The van der Waals surface area contributed by atoms with Crippen molar-refractivity contribution in [2.75, 3.05) is 12.8 Å². The Balaban J connectivity index is 2.56. The van der Waals surface area contributed by atoms with Gasteiger partial charge in [0.25, 0.3) is 0 Å². The lowest BCUT2D eigenvalue weighted by Gasteiger charge is -2.16. The fourth-order valence-electron chi connectivity index (χ4n) is 2.02. The van der Waals surface area contributed by atoms with Gasteiger partial charge in [0.2, 0.25) is 0 Å². The van der Waals surface area contributed by atoms with Crippen LogP contribution < -0.4 is 5.32 Å². The number of fused-ring (bicyclic) bond motifs is 1. The van der Waals surface area contributed by atoms with Crippen LogP contribution in [0.1, 0.15) is 24.4 Å². The first-order chi connectivity index (χ1) is 7.24. The molecule has 2 rings (SSSR count). The van der Waals surface area contributed by atoms with E-state index in [0.29, 0.717) is 5.02 Å². The average molecular weight is 244 g/mol. The minimum Gasteiger partial charge on any atom is -0.313 e. The van der Waals surface area contributed by atoms with Crippen molar-refractivity contribution in [3.63, 3.8) is 0 Å². The Morgan fingerprint density at radius 3 is 3.07 bits per heavy atom. The molecule has 0 aromatic heterocycles. The largest absolute Gasteiger partial charge is 0.313 e. The summed E-state index contributed by atoms with van der Waals surface area (Å²) < 4.78 is 12.0. The Kier molecular flexibility index (Phi) is 3.44. The molecule has 1 aliphatic heterocycles. The SMILES string of the molecule is CNC1CCCS(=O)c2c(Cl)cccc21. The van der Waals surface area contributed by atoms with Crippen LogP contribution in [0, 0.1) is 0 Å². The summed E-state index contributed by atoms with van der Waals surface area (Å²) in [6, 6.07) is 6.04. The Labute approximate surface area is 97.5 Å². The van der Waals surface area contributed by atoms with Crippen LogP contribution in [0.25, 0.3) is 0 Å². The molecule has 0 radical (unpaired) electrons. The quantitative estimate of drug-likeness (QED) is 0.821. The number of benzene rings is 1. The maximum Gasteiger partial charge on any atom is 0.0622 e. The standard InChI is InChI=1S/C11H14ClNOS/c1-13-10-6-3-7-15(14)11-8(10)4-2-5-9(11)12/h2,4-5,10,13H,3,6-7H2,1H3. The van der Waals surface area contributed by atoms with E-state index in [4.69, 9.17) is 11.6 Å². The van der Waals surface area contributed by atoms with Gasteiger partial charge in [-0.25, -0.2) is 0 Å². The fraction of sp³-hybridized carbons (Fsp3) is 0.455. The lowest BCUT2D eigenvalue weighted by molar-refractivity contribution is 0.541. The topological polar surface area (TPSA) is 29.1 Å². The summed E-state index contributed by atoms with van der Waals surface area (Å²) in [5.41, 5.74) is 1.10. The molecule has 1 heterocycles. The van der Waals surface area contributed by atoms with Gasteiger partial charge in [0, 0.05) is 11.8 Å². The van der Waals surface area contributed by atoms with Gasteiger partial charge in [0.05, 0.1) is 20.7 Å². The van der Waals surface area contributed by atoms with Crippen LogP contribution in [0.15, 0.2) is 23.1 Å². The zero-order valence-electron chi connectivity index (χ0n) is 8.63. The second-order valence-corrected chi connectivity index (χ2v) is 5.61. The third kappa shape index (κ3) is 2.10. The molecule has 1 aromatic carbocycles. The predicted molar refractivity (Wildman–Crippen MR) is 63.8 cm³/mol. The minimum atomic E-state index is -0.938. The van der Waals surface area contributed by atoms with Gasteiger partial charge in [0.1, 0.15) is 0 Å². The highest BCUT2D eigenvalue weighted by atomic mass is 35.5. The zero-order chi connectivity index (χ0) is 10.8. The van der Waals surface area contributed by atoms with E-state index in [0.717, 1.165) is 29.1 Å². The summed E-state index contributed by atoms with van der Waals surface area (Å²) in [7, 11) is 0.996. The molecule has 0 fully saturated rings. The zero-order valence-corrected chi connectivity index (χ0v) is 10.2. The van der Waals surface area contributed by atoms with Gasteiger partial charge in [-0.1, -0.05) is 23.7 Å². The van der Waals surface area contributed by atoms with Gasteiger partial charge < -0.3 is 5.32 Å². The number of nitrogens with one attached hydrogen (secondary N) is 1. The molecular weight excluding hydrogens is 230 g/mol. The molecule has 1 aliphatic rings. The normalized spacial score (nSPS) is 25.7. The molecule has 0 saturated heterocycles. The molecular formula is C11H14ClNOS. The van der Waals surface area contributed by atoms with Crippen LogP contribution in [0.5, 0.6) is 0 Å². The Morgan fingerprint density at radius 1 is 1.53 bits per heavy atom. The van der Waals surface area contributed by atoms with Crippen molar-refractivity contribution in [1.29, 1.82) is 0 Å². The summed E-state index contributed by atoms with van der Waals surface area (Å²) in [5.74, 6) is 0.717. The third-order valence-corrected chi connectivity index (χ3v) is 4.77. The van der Waals surface area contributed by atoms with Crippen LogP contribution in [0.4, 0.5) is 0 Å². The summed E-state index contributed by atoms with van der Waals surface area (Å²) in [6.45, 7) is 0. The highest BCUT2D eigenvalue weighted by molar-refractivity contribution is 7.85. The molecule has 0 saturated carbocycles. The van der Waals surface area contributed by atoms with Crippen LogP contribution in [-0.4, -0.2) is 17.0 Å². The van der Waals surface area contributed by atoms with Crippen LogP contribution in [0.2, 0.25) is 5.02 Å². The Bertz CT molecular complexity index is 394. The number of hydrogen-bond donors (Lipinski definition) is 1. The lowest BCUT2D eigenvalue weighted by atomic mass is 10.0. The van der Waals surface area contributed by atoms with E-state index in [1.54, 1.807) is 0 Å². The molecule has 0 spiro atoms. The van der Waals surface area contributed by atoms with Crippen molar-refractivity contribution in [2.45, 2.75) is 23.8 Å². The van der Waals surface area contributed by atoms with E-state index in [1.807, 2.05) is 25.2 Å². The van der Waals surface area contributed by atoms with Gasteiger partial charge in [-0.05, 0) is 31.5 Å². The van der Waals surface area contributed by atoms with Gasteiger partial charge in [-0.15, -0.1) is 0 Å². The molecule has 0 aliphatic carbocycles. The number of halogens is 1. The summed E-state index contributed by atoms with van der Waals surface area (Å²) >= 11 is 6.11. The average Bonchev–Trinajstić information content (AvgIpc) is 2.39. The molecule has 2 nitrogen and oxygen atoms in total. The van der Waals surface area contributed by atoms with Gasteiger partial charge in [-0.3, -0.25) is 4.21 Å². The maximum absolute atomic E-state index is 12.0. The first-order valence-corrected chi connectivity index (χ1v) is 6.77. The summed E-state index contributed by atoms with van der Waals surface area (Å²) in [6.07, 6.45) is 2.00. The van der Waals surface area contributed by atoms with Crippen molar-refractivity contribution in [2.24, 2.45) is 0 Å². The van der Waals surface area contributed by atoms with Crippen molar-refractivity contribution < 1.29 is 4.21 Å². The monoisotopic (exact) mass is 243 g/mol. The van der Waals surface area contributed by atoms with E-state index in [1.165, 1.54) is 0 Å². The summed E-state index contributed by atoms with van der Waals surface area (Å²) in [4.78, 5) is 0.830. The van der Waals surface area contributed by atoms with E-state index in [-0.39, 0.29) is 6.04 Å². The molecule has 2 unspecified atom stereocenters. The third-order valence-electron chi connectivity index (χ3n) is 2.77. The summed E-state index contributed by atoms with van der Waals surface area (Å²) in [5, 5.41) is 3.89. The number of rotatable bonds is 1. The van der Waals surface area contributed by atoms with Crippen LogP contribution in [-0.2, 0) is 10.8 Å². The molecule has 1 N–H and O–H groups in total. The molecule has 82 valence electrons. The van der Waals surface area contributed by atoms with Gasteiger partial charge in [-0.2, -0.15) is 0 Å². The minimum absolute atomic E-state index is 0.283. The van der Waals surface area contributed by atoms with Crippen LogP contribution >= 0.6 is 11.6 Å². The Morgan fingerprint density at radius 2 is 2.33 bits per heavy atom. The van der Waals surface area contributed by atoms with Crippen molar-refractivity contribution in [3.05, 3.63) is 28.8 Å². The smallest absolute Gasteiger partial charge is 0.0622 e. The first kappa shape index (κ1) is 11.1. The maximum atomic E-state index is 12.0. The van der Waals surface area contributed by atoms with E-state index < -0.39 is 10.8 Å². The van der Waals surface area contributed by atoms with Crippen LogP contribution in [0.3, 0.4) is 0 Å². The Hall–Kier alpha value is -0.380. The first-order valence-electron chi connectivity index (χ1n) is 5.08. The predicted octanol–water partition coefficient (Wildman–Crippen LogP) is 2.50. The lowest BCUT2D eigenvalue weighted by Crippen LogP contribution is -2.16. The van der Waals surface area contributed by atoms with E-state index in [2.05, 4.69) is 5.32 Å². The second kappa shape index (κ2) is 4.64. The molecule has 2 atom stereocenters. The molecule has 1 aromatic rings. The van der Waals surface area contributed by atoms with Gasteiger partial charge >= 0.3 is 0 Å². The molecule has 0 amide bonds. The van der Waals surface area contributed by atoms with Gasteiger partial charge in [0.15, 0.2) is 0 Å². The highest BCUT2D eigenvalue weighted by Gasteiger charge is 2.23.